The molecule has 1 aliphatic rings. The number of fused-ring (bicyclic) bond motifs is 1. The second-order valence-corrected chi connectivity index (χ2v) is 12.1. The van der Waals surface area contributed by atoms with Crippen molar-refractivity contribution in [2.24, 2.45) is 5.73 Å². The van der Waals surface area contributed by atoms with Crippen molar-refractivity contribution in [1.82, 2.24) is 25.2 Å². The third-order valence-electron chi connectivity index (χ3n) is 6.04. The van der Waals surface area contributed by atoms with E-state index < -0.39 is 39.5 Å². The Kier molecular flexibility index (Phi) is 8.29. The lowest BCUT2D eigenvalue weighted by Gasteiger charge is -2.24. The number of aromatic nitrogens is 3. The molecule has 2 amide bonds. The molecule has 1 aliphatic heterocycles. The summed E-state index contributed by atoms with van der Waals surface area (Å²) in [6.45, 7) is 3.47. The van der Waals surface area contributed by atoms with Gasteiger partial charge in [-0.1, -0.05) is 36.4 Å². The summed E-state index contributed by atoms with van der Waals surface area (Å²) in [4.78, 5) is 25.1. The molecule has 38 heavy (non-hydrogen) atoms. The van der Waals surface area contributed by atoms with Crippen molar-refractivity contribution < 1.29 is 27.5 Å². The molecular weight excluding hydrogens is 512 g/mol. The van der Waals surface area contributed by atoms with Crippen LogP contribution in [-0.2, 0) is 37.3 Å². The molecule has 4 N–H and O–H groups in total. The average molecular weight is 545 g/mol. The summed E-state index contributed by atoms with van der Waals surface area (Å²) in [7, 11) is -3.14. The first-order valence-corrected chi connectivity index (χ1v) is 14.0. The summed E-state index contributed by atoms with van der Waals surface area (Å²) in [5.74, 6) is -0.0791. The number of nitrogens with two attached hydrogens (primary N) is 1. The number of ether oxygens (including phenoxy) is 2. The molecule has 0 saturated carbocycles. The molecule has 12 nitrogen and oxygen atoms in total. The summed E-state index contributed by atoms with van der Waals surface area (Å²) in [6, 6.07) is 13.6. The van der Waals surface area contributed by atoms with E-state index in [1.807, 2.05) is 30.3 Å². The standard InChI is InChI=1S/C25H32N6O6S/c1-25(2,26)23(32)28-20(15-36-13-17-7-4-3-5-8-17)22-30-29-21-10-6-9-19(31(21)22)14-37-24(33)27-18-11-12-38(34,35)16-18/h3-10,18,20H,11-16,26H2,1-2H3,(H,27,33)(H,28,32)/t18?,20-/m1/s1. The molecule has 2 atom stereocenters. The zero-order chi connectivity index (χ0) is 27.3. The molecule has 1 unspecified atom stereocenters. The lowest BCUT2D eigenvalue weighted by molar-refractivity contribution is -0.126. The van der Waals surface area contributed by atoms with Gasteiger partial charge in [0.1, 0.15) is 12.6 Å². The third kappa shape index (κ3) is 7.05. The minimum absolute atomic E-state index is 0.0420. The molecule has 4 rings (SSSR count). The number of amides is 2. The second-order valence-electron chi connectivity index (χ2n) is 9.84. The Morgan fingerprint density at radius 3 is 2.58 bits per heavy atom. The number of alkyl carbamates (subject to hydrolysis) is 1. The van der Waals surface area contributed by atoms with Crippen LogP contribution in [0.1, 0.15) is 43.4 Å². The summed E-state index contributed by atoms with van der Waals surface area (Å²) < 4.78 is 36.3. The van der Waals surface area contributed by atoms with E-state index in [4.69, 9.17) is 15.2 Å². The summed E-state index contributed by atoms with van der Waals surface area (Å²) in [5.41, 5.74) is 6.87. The number of benzene rings is 1. The first kappa shape index (κ1) is 27.5. The number of hydrogen-bond acceptors (Lipinski definition) is 9. The van der Waals surface area contributed by atoms with Crippen LogP contribution in [0.4, 0.5) is 4.79 Å². The van der Waals surface area contributed by atoms with Crippen molar-refractivity contribution in [3.63, 3.8) is 0 Å². The van der Waals surface area contributed by atoms with Gasteiger partial charge in [-0.25, -0.2) is 13.2 Å². The van der Waals surface area contributed by atoms with Crippen LogP contribution < -0.4 is 16.4 Å². The Bertz CT molecular complexity index is 1390. The largest absolute Gasteiger partial charge is 0.443 e. The van der Waals surface area contributed by atoms with Crippen LogP contribution in [-0.4, -0.2) is 64.7 Å². The zero-order valence-electron chi connectivity index (χ0n) is 21.3. The van der Waals surface area contributed by atoms with Gasteiger partial charge >= 0.3 is 6.09 Å². The Labute approximate surface area is 220 Å². The minimum Gasteiger partial charge on any atom is -0.443 e. The van der Waals surface area contributed by atoms with E-state index in [1.54, 1.807) is 36.4 Å². The van der Waals surface area contributed by atoms with Gasteiger partial charge in [0.25, 0.3) is 0 Å². The van der Waals surface area contributed by atoms with Gasteiger partial charge in [0.15, 0.2) is 21.3 Å². The number of pyridine rings is 1. The van der Waals surface area contributed by atoms with Gasteiger partial charge in [-0.15, -0.1) is 10.2 Å². The molecule has 0 radical (unpaired) electrons. The first-order valence-electron chi connectivity index (χ1n) is 12.2. The van der Waals surface area contributed by atoms with E-state index in [2.05, 4.69) is 20.8 Å². The fourth-order valence-electron chi connectivity index (χ4n) is 4.02. The maximum Gasteiger partial charge on any atom is 0.407 e. The molecule has 3 aromatic rings. The fraction of sp³-hybridized carbons (Fsp3) is 0.440. The van der Waals surface area contributed by atoms with Crippen LogP contribution in [0.25, 0.3) is 5.65 Å². The number of sulfone groups is 1. The molecule has 2 aromatic heterocycles. The Hall–Kier alpha value is -3.55. The number of carbonyl (C=O) groups is 2. The number of nitrogens with zero attached hydrogens (tertiary/aromatic N) is 3. The lowest BCUT2D eigenvalue weighted by Crippen LogP contribution is -2.51. The lowest BCUT2D eigenvalue weighted by atomic mass is 10.1. The van der Waals surface area contributed by atoms with Crippen molar-refractivity contribution in [1.29, 1.82) is 0 Å². The first-order chi connectivity index (χ1) is 18.0. The molecule has 204 valence electrons. The van der Waals surface area contributed by atoms with Crippen LogP contribution in [0, 0.1) is 0 Å². The molecule has 1 saturated heterocycles. The molecular formula is C25H32N6O6S. The van der Waals surface area contributed by atoms with Gasteiger partial charge < -0.3 is 25.8 Å². The van der Waals surface area contributed by atoms with Crippen molar-refractivity contribution in [2.75, 3.05) is 18.1 Å². The number of hydrogen-bond donors (Lipinski definition) is 3. The Balaban J connectivity index is 1.51. The number of carbonyl (C=O) groups excluding carboxylic acids is 2. The topological polar surface area (TPSA) is 167 Å². The maximum absolute atomic E-state index is 12.8. The van der Waals surface area contributed by atoms with Gasteiger partial charge in [-0.05, 0) is 38.0 Å². The second kappa shape index (κ2) is 11.5. The van der Waals surface area contributed by atoms with Crippen LogP contribution in [0.5, 0.6) is 0 Å². The highest BCUT2D eigenvalue weighted by Gasteiger charge is 2.30. The van der Waals surface area contributed by atoms with Gasteiger partial charge in [-0.2, -0.15) is 0 Å². The number of rotatable bonds is 10. The minimum atomic E-state index is -3.14. The SMILES string of the molecule is CC(C)(N)C(=O)N[C@H](COCc1ccccc1)c1nnc2cccc(COC(=O)NC3CCS(=O)(=O)C3)n12. The zero-order valence-corrected chi connectivity index (χ0v) is 22.1. The van der Waals surface area contributed by atoms with Crippen molar-refractivity contribution in [3.05, 3.63) is 65.6 Å². The van der Waals surface area contributed by atoms with Crippen LogP contribution >= 0.6 is 0 Å². The van der Waals surface area contributed by atoms with E-state index in [0.717, 1.165) is 5.56 Å². The van der Waals surface area contributed by atoms with Gasteiger partial charge in [-0.3, -0.25) is 9.20 Å². The highest BCUT2D eigenvalue weighted by Crippen LogP contribution is 2.19. The fourth-order valence-corrected chi connectivity index (χ4v) is 5.69. The van der Waals surface area contributed by atoms with Crippen molar-refractivity contribution >= 4 is 27.5 Å². The maximum atomic E-state index is 12.8. The van der Waals surface area contributed by atoms with Crippen molar-refractivity contribution in [2.45, 2.75) is 51.1 Å². The molecule has 13 heteroatoms. The van der Waals surface area contributed by atoms with Gasteiger partial charge in [0.2, 0.25) is 5.91 Å². The predicted molar refractivity (Wildman–Crippen MR) is 139 cm³/mol. The summed E-state index contributed by atoms with van der Waals surface area (Å²) >= 11 is 0. The van der Waals surface area contributed by atoms with Crippen LogP contribution in [0.15, 0.2) is 48.5 Å². The third-order valence-corrected chi connectivity index (χ3v) is 7.81. The average Bonchev–Trinajstić information content (AvgIpc) is 3.45. The van der Waals surface area contributed by atoms with Gasteiger partial charge in [0, 0.05) is 6.04 Å². The van der Waals surface area contributed by atoms with Crippen LogP contribution in [0.3, 0.4) is 0 Å². The summed E-state index contributed by atoms with van der Waals surface area (Å²) in [5, 5.41) is 14.0. The highest BCUT2D eigenvalue weighted by molar-refractivity contribution is 7.91. The molecule has 0 spiro atoms. The van der Waals surface area contributed by atoms with E-state index in [0.29, 0.717) is 30.2 Å². The Morgan fingerprint density at radius 1 is 1.13 bits per heavy atom. The molecule has 0 bridgehead atoms. The van der Waals surface area contributed by atoms with E-state index in [1.165, 1.54) is 0 Å². The van der Waals surface area contributed by atoms with E-state index in [9.17, 15) is 18.0 Å². The molecule has 1 fully saturated rings. The number of nitrogens with one attached hydrogen (secondary N) is 2. The smallest absolute Gasteiger partial charge is 0.407 e. The molecule has 1 aromatic carbocycles. The quantitative estimate of drug-likeness (QED) is 0.340. The van der Waals surface area contributed by atoms with E-state index >= 15 is 0 Å². The highest BCUT2D eigenvalue weighted by atomic mass is 32.2. The Morgan fingerprint density at radius 2 is 1.89 bits per heavy atom. The molecule has 0 aliphatic carbocycles. The van der Waals surface area contributed by atoms with E-state index in [-0.39, 0.29) is 24.7 Å². The van der Waals surface area contributed by atoms with Crippen molar-refractivity contribution in [3.8, 4) is 0 Å². The van der Waals surface area contributed by atoms with Gasteiger partial charge in [0.05, 0.1) is 36.0 Å². The molecule has 3 heterocycles. The normalized spacial score (nSPS) is 17.7. The van der Waals surface area contributed by atoms with Crippen LogP contribution in [0.2, 0.25) is 0 Å². The predicted octanol–water partition coefficient (Wildman–Crippen LogP) is 1.25. The summed E-state index contributed by atoms with van der Waals surface area (Å²) in [6.07, 6.45) is -0.371. The monoisotopic (exact) mass is 544 g/mol.